The predicted molar refractivity (Wildman–Crippen MR) is 57.9 cm³/mol. The van der Waals surface area contributed by atoms with Crippen LogP contribution in [0.5, 0.6) is 0 Å². The highest BCUT2D eigenvalue weighted by atomic mass is 16.3. The number of aliphatic hydroxyl groups is 1. The van der Waals surface area contributed by atoms with Gasteiger partial charge in [0.05, 0.1) is 5.60 Å². The largest absolute Gasteiger partial charge is 0.389 e. The van der Waals surface area contributed by atoms with E-state index >= 15 is 0 Å². The molecule has 0 bridgehead atoms. The van der Waals surface area contributed by atoms with Crippen LogP contribution in [0.4, 0.5) is 0 Å². The third kappa shape index (κ3) is 5.27. The molecule has 2 nitrogen and oxygen atoms in total. The van der Waals surface area contributed by atoms with E-state index in [1.165, 1.54) is 6.42 Å². The van der Waals surface area contributed by atoms with Crippen LogP contribution in [0.1, 0.15) is 47.0 Å². The SMILES string of the molecule is CC.CC(C)CNCC1(O)CCC1. The molecular formula is C11H25NO. The Kier molecular flexibility index (Phi) is 6.35. The quantitative estimate of drug-likeness (QED) is 0.707. The Labute approximate surface area is 82.7 Å². The van der Waals surface area contributed by atoms with Gasteiger partial charge in [-0.25, -0.2) is 0 Å². The molecule has 0 spiro atoms. The van der Waals surface area contributed by atoms with E-state index < -0.39 is 0 Å². The molecule has 0 aromatic rings. The summed E-state index contributed by atoms with van der Waals surface area (Å²) in [5.74, 6) is 0.679. The minimum Gasteiger partial charge on any atom is -0.389 e. The summed E-state index contributed by atoms with van der Waals surface area (Å²) in [4.78, 5) is 0. The van der Waals surface area contributed by atoms with Gasteiger partial charge in [0.2, 0.25) is 0 Å². The first-order valence-electron chi connectivity index (χ1n) is 5.55. The van der Waals surface area contributed by atoms with Gasteiger partial charge in [0.15, 0.2) is 0 Å². The Hall–Kier alpha value is -0.0800. The lowest BCUT2D eigenvalue weighted by atomic mass is 9.80. The summed E-state index contributed by atoms with van der Waals surface area (Å²) in [6, 6.07) is 0. The van der Waals surface area contributed by atoms with Crippen LogP contribution in [0.2, 0.25) is 0 Å². The summed E-state index contributed by atoms with van der Waals surface area (Å²) in [5.41, 5.74) is -0.352. The van der Waals surface area contributed by atoms with Crippen LogP contribution >= 0.6 is 0 Å². The zero-order valence-corrected chi connectivity index (χ0v) is 9.56. The molecule has 0 amide bonds. The van der Waals surface area contributed by atoms with Gasteiger partial charge in [-0.15, -0.1) is 0 Å². The molecule has 1 saturated carbocycles. The van der Waals surface area contributed by atoms with Crippen LogP contribution < -0.4 is 5.32 Å². The van der Waals surface area contributed by atoms with E-state index in [1.807, 2.05) is 13.8 Å². The fourth-order valence-electron chi connectivity index (χ4n) is 1.36. The fourth-order valence-corrected chi connectivity index (χ4v) is 1.36. The van der Waals surface area contributed by atoms with Crippen LogP contribution in [0.25, 0.3) is 0 Å². The molecule has 1 aliphatic carbocycles. The first-order chi connectivity index (χ1) is 6.12. The standard InChI is InChI=1S/C9H19NO.C2H6/c1-8(2)6-10-7-9(11)4-3-5-9;1-2/h8,10-11H,3-7H2,1-2H3;1-2H3. The highest BCUT2D eigenvalue weighted by molar-refractivity contribution is 4.89. The molecule has 13 heavy (non-hydrogen) atoms. The first kappa shape index (κ1) is 12.9. The minimum absolute atomic E-state index is 0.352. The molecule has 1 aliphatic rings. The van der Waals surface area contributed by atoms with E-state index in [2.05, 4.69) is 19.2 Å². The van der Waals surface area contributed by atoms with E-state index in [-0.39, 0.29) is 5.60 Å². The predicted octanol–water partition coefficient (Wildman–Crippen LogP) is 2.17. The fraction of sp³-hybridized carbons (Fsp3) is 1.00. The van der Waals surface area contributed by atoms with E-state index in [0.29, 0.717) is 5.92 Å². The maximum absolute atomic E-state index is 9.66. The van der Waals surface area contributed by atoms with Crippen LogP contribution in [-0.4, -0.2) is 23.8 Å². The zero-order valence-electron chi connectivity index (χ0n) is 9.56. The van der Waals surface area contributed by atoms with E-state index in [9.17, 15) is 5.11 Å². The van der Waals surface area contributed by atoms with Crippen LogP contribution in [-0.2, 0) is 0 Å². The molecule has 0 aromatic heterocycles. The van der Waals surface area contributed by atoms with Gasteiger partial charge in [-0.05, 0) is 31.7 Å². The number of hydrogen-bond donors (Lipinski definition) is 2. The van der Waals surface area contributed by atoms with Crippen molar-refractivity contribution in [2.45, 2.75) is 52.6 Å². The molecule has 0 radical (unpaired) electrons. The van der Waals surface area contributed by atoms with Crippen molar-refractivity contribution in [3.05, 3.63) is 0 Å². The van der Waals surface area contributed by atoms with Crippen molar-refractivity contribution in [3.8, 4) is 0 Å². The highest BCUT2D eigenvalue weighted by Crippen LogP contribution is 2.30. The lowest BCUT2D eigenvalue weighted by molar-refractivity contribution is -0.0315. The molecule has 80 valence electrons. The number of rotatable bonds is 4. The normalized spacial score (nSPS) is 18.9. The van der Waals surface area contributed by atoms with E-state index in [4.69, 9.17) is 0 Å². The van der Waals surface area contributed by atoms with Crippen molar-refractivity contribution in [1.82, 2.24) is 5.32 Å². The minimum atomic E-state index is -0.352. The maximum atomic E-state index is 9.66. The highest BCUT2D eigenvalue weighted by Gasteiger charge is 2.33. The number of nitrogens with one attached hydrogen (secondary N) is 1. The lowest BCUT2D eigenvalue weighted by Crippen LogP contribution is -2.46. The summed E-state index contributed by atoms with van der Waals surface area (Å²) in [5, 5.41) is 12.9. The number of hydrogen-bond acceptors (Lipinski definition) is 2. The van der Waals surface area contributed by atoms with Gasteiger partial charge in [-0.1, -0.05) is 27.7 Å². The summed E-state index contributed by atoms with van der Waals surface area (Å²) >= 11 is 0. The Morgan fingerprint density at radius 2 is 1.85 bits per heavy atom. The van der Waals surface area contributed by atoms with Gasteiger partial charge >= 0.3 is 0 Å². The molecule has 1 fully saturated rings. The van der Waals surface area contributed by atoms with Crippen LogP contribution in [0.15, 0.2) is 0 Å². The molecule has 0 atom stereocenters. The average molecular weight is 187 g/mol. The molecule has 1 rings (SSSR count). The summed E-state index contributed by atoms with van der Waals surface area (Å²) in [7, 11) is 0. The smallest absolute Gasteiger partial charge is 0.0771 e. The van der Waals surface area contributed by atoms with Crippen molar-refractivity contribution in [2.24, 2.45) is 5.92 Å². The zero-order chi connectivity index (χ0) is 10.3. The van der Waals surface area contributed by atoms with Gasteiger partial charge in [0.1, 0.15) is 0 Å². The molecule has 0 aromatic carbocycles. The second kappa shape index (κ2) is 6.39. The van der Waals surface area contributed by atoms with Gasteiger partial charge in [-0.2, -0.15) is 0 Å². The van der Waals surface area contributed by atoms with E-state index in [1.54, 1.807) is 0 Å². The molecule has 0 aliphatic heterocycles. The molecular weight excluding hydrogens is 162 g/mol. The van der Waals surface area contributed by atoms with Gasteiger partial charge in [-0.3, -0.25) is 0 Å². The average Bonchev–Trinajstić information content (AvgIpc) is 2.05. The molecule has 2 N–H and O–H groups in total. The third-order valence-corrected chi connectivity index (χ3v) is 2.29. The van der Waals surface area contributed by atoms with Crippen molar-refractivity contribution in [2.75, 3.05) is 13.1 Å². The van der Waals surface area contributed by atoms with Crippen LogP contribution in [0, 0.1) is 5.92 Å². The second-order valence-electron chi connectivity index (χ2n) is 4.10. The summed E-state index contributed by atoms with van der Waals surface area (Å²) in [6.45, 7) is 10.2. The second-order valence-corrected chi connectivity index (χ2v) is 4.10. The third-order valence-electron chi connectivity index (χ3n) is 2.29. The Morgan fingerprint density at radius 3 is 2.15 bits per heavy atom. The van der Waals surface area contributed by atoms with Crippen molar-refractivity contribution in [3.63, 3.8) is 0 Å². The maximum Gasteiger partial charge on any atom is 0.0771 e. The monoisotopic (exact) mass is 187 g/mol. The van der Waals surface area contributed by atoms with Crippen molar-refractivity contribution < 1.29 is 5.11 Å². The summed E-state index contributed by atoms with van der Waals surface area (Å²) < 4.78 is 0. The van der Waals surface area contributed by atoms with Gasteiger partial charge in [0, 0.05) is 6.54 Å². The topological polar surface area (TPSA) is 32.3 Å². The van der Waals surface area contributed by atoms with Gasteiger partial charge in [0.25, 0.3) is 0 Å². The molecule has 0 unspecified atom stereocenters. The van der Waals surface area contributed by atoms with Crippen molar-refractivity contribution in [1.29, 1.82) is 0 Å². The van der Waals surface area contributed by atoms with Crippen LogP contribution in [0.3, 0.4) is 0 Å². The molecule has 0 heterocycles. The van der Waals surface area contributed by atoms with Crippen molar-refractivity contribution >= 4 is 0 Å². The Bertz CT molecular complexity index is 119. The Morgan fingerprint density at radius 1 is 1.31 bits per heavy atom. The first-order valence-corrected chi connectivity index (χ1v) is 5.55. The molecule has 2 heteroatoms. The Balaban J connectivity index is 0.000000671. The lowest BCUT2D eigenvalue weighted by Gasteiger charge is -2.36. The molecule has 0 saturated heterocycles. The van der Waals surface area contributed by atoms with Gasteiger partial charge < -0.3 is 10.4 Å². The summed E-state index contributed by atoms with van der Waals surface area (Å²) in [6.07, 6.45) is 3.16. The van der Waals surface area contributed by atoms with E-state index in [0.717, 1.165) is 25.9 Å².